The Morgan fingerprint density at radius 1 is 1.04 bits per heavy atom. The zero-order valence-electron chi connectivity index (χ0n) is 16.0. The quantitative estimate of drug-likeness (QED) is 0.628. The minimum atomic E-state index is 0.171. The Kier molecular flexibility index (Phi) is 7.18. The van der Waals surface area contributed by atoms with Crippen molar-refractivity contribution in [1.29, 1.82) is 0 Å². The normalized spacial score (nSPS) is 11.3. The third-order valence-electron chi connectivity index (χ3n) is 4.64. The van der Waals surface area contributed by atoms with Crippen LogP contribution < -0.4 is 19.9 Å². The lowest BCUT2D eigenvalue weighted by atomic mass is 9.82. The van der Waals surface area contributed by atoms with E-state index in [4.69, 9.17) is 31.5 Å². The molecule has 0 heterocycles. The largest absolute Gasteiger partial charge is 0.493 e. The SMILES string of the molecule is CCC(C)(C)c1ccc(OCCOc2c(Cl)cc(CN)cc2OC)cc1. The lowest BCUT2D eigenvalue weighted by Crippen LogP contribution is -2.15. The van der Waals surface area contributed by atoms with Crippen LogP contribution >= 0.6 is 11.6 Å². The number of rotatable bonds is 9. The fourth-order valence-corrected chi connectivity index (χ4v) is 2.83. The summed E-state index contributed by atoms with van der Waals surface area (Å²) in [5.74, 6) is 1.90. The van der Waals surface area contributed by atoms with E-state index in [-0.39, 0.29) is 5.41 Å². The number of methoxy groups -OCH3 is 1. The van der Waals surface area contributed by atoms with Crippen LogP contribution in [0.2, 0.25) is 5.02 Å². The van der Waals surface area contributed by atoms with Crippen molar-refractivity contribution < 1.29 is 14.2 Å². The lowest BCUT2D eigenvalue weighted by molar-refractivity contribution is 0.211. The number of hydrogen-bond donors (Lipinski definition) is 1. The minimum Gasteiger partial charge on any atom is -0.493 e. The molecule has 0 aromatic heterocycles. The molecule has 2 rings (SSSR count). The summed E-state index contributed by atoms with van der Waals surface area (Å²) in [6.07, 6.45) is 1.09. The third kappa shape index (κ3) is 5.05. The van der Waals surface area contributed by atoms with Gasteiger partial charge in [-0.2, -0.15) is 0 Å². The number of ether oxygens (including phenoxy) is 3. The summed E-state index contributed by atoms with van der Waals surface area (Å²) < 4.78 is 16.8. The molecule has 2 aromatic carbocycles. The number of hydrogen-bond acceptors (Lipinski definition) is 4. The molecule has 0 amide bonds. The van der Waals surface area contributed by atoms with Gasteiger partial charge in [0.05, 0.1) is 12.1 Å². The highest BCUT2D eigenvalue weighted by Gasteiger charge is 2.17. The molecule has 0 bridgehead atoms. The van der Waals surface area contributed by atoms with Crippen molar-refractivity contribution >= 4 is 11.6 Å². The summed E-state index contributed by atoms with van der Waals surface area (Å²) in [4.78, 5) is 0. The average Bonchev–Trinajstić information content (AvgIpc) is 2.66. The van der Waals surface area contributed by atoms with Gasteiger partial charge in [0.1, 0.15) is 19.0 Å². The van der Waals surface area contributed by atoms with Gasteiger partial charge in [-0.15, -0.1) is 0 Å². The molecule has 2 aromatic rings. The Labute approximate surface area is 161 Å². The second-order valence-corrected chi connectivity index (χ2v) is 7.18. The van der Waals surface area contributed by atoms with Gasteiger partial charge in [-0.3, -0.25) is 0 Å². The van der Waals surface area contributed by atoms with E-state index in [1.807, 2.05) is 18.2 Å². The molecule has 0 saturated carbocycles. The maximum atomic E-state index is 6.26. The van der Waals surface area contributed by atoms with E-state index in [1.54, 1.807) is 13.2 Å². The van der Waals surface area contributed by atoms with E-state index in [9.17, 15) is 0 Å². The van der Waals surface area contributed by atoms with Gasteiger partial charge < -0.3 is 19.9 Å². The van der Waals surface area contributed by atoms with Gasteiger partial charge in [-0.1, -0.05) is 44.5 Å². The molecule has 0 aliphatic heterocycles. The van der Waals surface area contributed by atoms with Gasteiger partial charge in [0.15, 0.2) is 11.5 Å². The molecular formula is C21H28ClNO3. The Bertz CT molecular complexity index is 714. The first-order chi connectivity index (χ1) is 12.4. The summed E-state index contributed by atoms with van der Waals surface area (Å²) in [5.41, 5.74) is 8.02. The second-order valence-electron chi connectivity index (χ2n) is 6.77. The highest BCUT2D eigenvalue weighted by atomic mass is 35.5. The molecule has 142 valence electrons. The maximum absolute atomic E-state index is 6.26. The van der Waals surface area contributed by atoms with Crippen LogP contribution in [-0.2, 0) is 12.0 Å². The molecule has 4 nitrogen and oxygen atoms in total. The summed E-state index contributed by atoms with van der Waals surface area (Å²) >= 11 is 6.26. The molecule has 0 aliphatic carbocycles. The molecule has 0 atom stereocenters. The van der Waals surface area contributed by atoms with Crippen molar-refractivity contribution in [3.8, 4) is 17.2 Å². The van der Waals surface area contributed by atoms with E-state index < -0.39 is 0 Å². The van der Waals surface area contributed by atoms with Crippen LogP contribution in [0.5, 0.6) is 17.2 Å². The van der Waals surface area contributed by atoms with E-state index in [2.05, 4.69) is 32.9 Å². The van der Waals surface area contributed by atoms with Gasteiger partial charge >= 0.3 is 0 Å². The van der Waals surface area contributed by atoms with Crippen LogP contribution in [0.25, 0.3) is 0 Å². The summed E-state index contributed by atoms with van der Waals surface area (Å²) in [7, 11) is 1.58. The first kappa shape index (κ1) is 20.4. The summed E-state index contributed by atoms with van der Waals surface area (Å²) in [6.45, 7) is 7.84. The number of nitrogens with two attached hydrogens (primary N) is 1. The molecule has 5 heteroatoms. The molecular weight excluding hydrogens is 350 g/mol. The van der Waals surface area contributed by atoms with Crippen molar-refractivity contribution in [2.75, 3.05) is 20.3 Å². The molecule has 0 spiro atoms. The molecule has 2 N–H and O–H groups in total. The predicted octanol–water partition coefficient (Wildman–Crippen LogP) is 4.95. The predicted molar refractivity (Wildman–Crippen MR) is 107 cm³/mol. The second kappa shape index (κ2) is 9.15. The van der Waals surface area contributed by atoms with Crippen LogP contribution in [0.1, 0.15) is 38.3 Å². The Morgan fingerprint density at radius 3 is 2.27 bits per heavy atom. The maximum Gasteiger partial charge on any atom is 0.179 e. The number of benzene rings is 2. The van der Waals surface area contributed by atoms with Crippen LogP contribution in [0.3, 0.4) is 0 Å². The van der Waals surface area contributed by atoms with Gasteiger partial charge in [0.25, 0.3) is 0 Å². The lowest BCUT2D eigenvalue weighted by Gasteiger charge is -2.23. The Hall–Kier alpha value is -1.91. The third-order valence-corrected chi connectivity index (χ3v) is 4.92. The molecule has 0 aliphatic rings. The molecule has 0 radical (unpaired) electrons. The monoisotopic (exact) mass is 377 g/mol. The minimum absolute atomic E-state index is 0.171. The molecule has 26 heavy (non-hydrogen) atoms. The van der Waals surface area contributed by atoms with Crippen molar-refractivity contribution in [2.45, 2.75) is 39.2 Å². The van der Waals surface area contributed by atoms with E-state index >= 15 is 0 Å². The van der Waals surface area contributed by atoms with Crippen molar-refractivity contribution in [3.05, 3.63) is 52.5 Å². The Balaban J connectivity index is 1.91. The highest BCUT2D eigenvalue weighted by molar-refractivity contribution is 6.32. The van der Waals surface area contributed by atoms with Crippen molar-refractivity contribution in [3.63, 3.8) is 0 Å². The van der Waals surface area contributed by atoms with E-state index in [1.165, 1.54) is 5.56 Å². The first-order valence-corrected chi connectivity index (χ1v) is 9.21. The van der Waals surface area contributed by atoms with E-state index in [0.717, 1.165) is 17.7 Å². The summed E-state index contributed by atoms with van der Waals surface area (Å²) in [6, 6.07) is 11.8. The van der Waals surface area contributed by atoms with Gasteiger partial charge in [0, 0.05) is 6.54 Å². The standard InChI is InChI=1S/C21H28ClNO3/c1-5-21(2,3)16-6-8-17(9-7-16)25-10-11-26-20-18(22)12-15(14-23)13-19(20)24-4/h6-9,12-13H,5,10-11,14,23H2,1-4H3. The zero-order chi connectivity index (χ0) is 19.2. The van der Waals surface area contributed by atoms with Crippen molar-refractivity contribution in [1.82, 2.24) is 0 Å². The van der Waals surface area contributed by atoms with Crippen LogP contribution in [0.15, 0.2) is 36.4 Å². The highest BCUT2D eigenvalue weighted by Crippen LogP contribution is 2.36. The van der Waals surface area contributed by atoms with Crippen LogP contribution in [0, 0.1) is 0 Å². The van der Waals surface area contributed by atoms with Gasteiger partial charge in [-0.25, -0.2) is 0 Å². The Morgan fingerprint density at radius 2 is 1.69 bits per heavy atom. The fraction of sp³-hybridized carbons (Fsp3) is 0.429. The van der Waals surface area contributed by atoms with Gasteiger partial charge in [-0.05, 0) is 47.2 Å². The molecule has 0 unspecified atom stereocenters. The van der Waals surface area contributed by atoms with Gasteiger partial charge in [0.2, 0.25) is 0 Å². The first-order valence-electron chi connectivity index (χ1n) is 8.84. The average molecular weight is 378 g/mol. The fourth-order valence-electron chi connectivity index (χ4n) is 2.54. The summed E-state index contributed by atoms with van der Waals surface area (Å²) in [5, 5.41) is 0.482. The smallest absolute Gasteiger partial charge is 0.179 e. The molecule has 0 saturated heterocycles. The molecule has 0 fully saturated rings. The van der Waals surface area contributed by atoms with Crippen molar-refractivity contribution in [2.24, 2.45) is 5.73 Å². The zero-order valence-corrected chi connectivity index (χ0v) is 16.7. The van der Waals surface area contributed by atoms with Crippen LogP contribution in [0.4, 0.5) is 0 Å². The topological polar surface area (TPSA) is 53.7 Å². The van der Waals surface area contributed by atoms with Crippen LogP contribution in [-0.4, -0.2) is 20.3 Å². The van der Waals surface area contributed by atoms with E-state index in [0.29, 0.717) is 36.3 Å². The number of halogens is 1.